The molecule has 0 spiro atoms. The Morgan fingerprint density at radius 3 is 1.98 bits per heavy atom. The first kappa shape index (κ1) is 28.7. The lowest BCUT2D eigenvalue weighted by Gasteiger charge is -2.14. The zero-order chi connectivity index (χ0) is 32.7. The van der Waals surface area contributed by atoms with E-state index in [1.165, 1.54) is 54.6 Å². The molecule has 49 heavy (non-hydrogen) atoms. The van der Waals surface area contributed by atoms with Gasteiger partial charge in [-0.05, 0) is 62.0 Å². The van der Waals surface area contributed by atoms with Crippen LogP contribution in [0, 0.1) is 0 Å². The van der Waals surface area contributed by atoms with Gasteiger partial charge in [-0.15, -0.1) is 0 Å². The van der Waals surface area contributed by atoms with E-state index in [-0.39, 0.29) is 0 Å². The van der Waals surface area contributed by atoms with Gasteiger partial charge in [0.2, 0.25) is 0 Å². The summed E-state index contributed by atoms with van der Waals surface area (Å²) in [4.78, 5) is 5.40. The fourth-order valence-corrected chi connectivity index (χ4v) is 7.38. The molecule has 0 aliphatic heterocycles. The highest BCUT2D eigenvalue weighted by atomic mass is 15.1. The van der Waals surface area contributed by atoms with Gasteiger partial charge >= 0.3 is 0 Å². The number of nitrogens with zero attached hydrogens (tertiary/aromatic N) is 2. The van der Waals surface area contributed by atoms with Crippen LogP contribution < -0.4 is 5.73 Å². The van der Waals surface area contributed by atoms with Crippen LogP contribution in [0.2, 0.25) is 0 Å². The minimum atomic E-state index is 0.421. The van der Waals surface area contributed by atoms with E-state index in [4.69, 9.17) is 10.7 Å². The summed E-state index contributed by atoms with van der Waals surface area (Å²) < 4.78 is 2.39. The van der Waals surface area contributed by atoms with E-state index < -0.39 is 0 Å². The van der Waals surface area contributed by atoms with Gasteiger partial charge in [-0.1, -0.05) is 158 Å². The van der Waals surface area contributed by atoms with E-state index in [1.54, 1.807) is 0 Å². The largest absolute Gasteiger partial charge is 0.398 e. The summed E-state index contributed by atoms with van der Waals surface area (Å²) in [6.45, 7) is 0.421. The van der Waals surface area contributed by atoms with E-state index in [1.807, 2.05) is 24.3 Å². The molecule has 0 saturated carbocycles. The van der Waals surface area contributed by atoms with E-state index in [0.29, 0.717) is 12.4 Å². The van der Waals surface area contributed by atoms with E-state index >= 15 is 0 Å². The monoisotopic (exact) mass is 627 g/mol. The Kier molecular flexibility index (Phi) is 7.02. The topological polar surface area (TPSA) is 43.3 Å². The lowest BCUT2D eigenvalue weighted by molar-refractivity contribution is 0.793. The predicted molar refractivity (Wildman–Crippen MR) is 208 cm³/mol. The smallest absolute Gasteiger partial charge is 0.115 e. The third kappa shape index (κ3) is 4.95. The number of hydrogen-bond donors (Lipinski definition) is 1. The highest BCUT2D eigenvalue weighted by Crippen LogP contribution is 2.42. The second-order valence-electron chi connectivity index (χ2n) is 12.5. The number of nitrogen functional groups attached to an aromatic ring is 1. The van der Waals surface area contributed by atoms with Crippen LogP contribution in [-0.4, -0.2) is 10.3 Å². The molecule has 8 aromatic carbocycles. The average molecular weight is 628 g/mol. The summed E-state index contributed by atoms with van der Waals surface area (Å²) in [5, 5.41) is 7.40. The molecule has 9 aromatic rings. The van der Waals surface area contributed by atoms with Crippen LogP contribution in [0.4, 0.5) is 5.69 Å². The second-order valence-corrected chi connectivity index (χ2v) is 12.5. The molecular formula is C46H33N3. The molecule has 0 atom stereocenters. The van der Waals surface area contributed by atoms with E-state index in [9.17, 15) is 0 Å². The number of benzene rings is 8. The van der Waals surface area contributed by atoms with Crippen LogP contribution in [-0.2, 0) is 6.67 Å². The standard InChI is InChI=1S/C46H33N3/c47-42-25-12-11-23-39(42)46(33-17-5-2-6-18-33)48-30-49-43-28-34(31-14-3-1-4-15-31)26-27-40(43)45-38-22-10-9-21-37(38)41(29-44(45)49)36-24-13-19-32-16-7-8-20-35(32)36/h1-29H,30,47H2. The lowest BCUT2D eigenvalue weighted by Crippen LogP contribution is -2.09. The van der Waals surface area contributed by atoms with Crippen LogP contribution in [0.5, 0.6) is 0 Å². The summed E-state index contributed by atoms with van der Waals surface area (Å²) in [6, 6.07) is 62.3. The zero-order valence-corrected chi connectivity index (χ0v) is 26.9. The maximum absolute atomic E-state index is 6.58. The second kappa shape index (κ2) is 12.0. The van der Waals surface area contributed by atoms with Crippen molar-refractivity contribution in [2.24, 2.45) is 4.99 Å². The van der Waals surface area contributed by atoms with E-state index in [2.05, 4.69) is 156 Å². The summed E-state index contributed by atoms with van der Waals surface area (Å²) >= 11 is 0. The van der Waals surface area contributed by atoms with Crippen LogP contribution in [0.15, 0.2) is 181 Å². The molecule has 2 N–H and O–H groups in total. The third-order valence-electron chi connectivity index (χ3n) is 9.69. The molecule has 0 aliphatic carbocycles. The van der Waals surface area contributed by atoms with Crippen molar-refractivity contribution in [1.82, 2.24) is 4.57 Å². The van der Waals surface area contributed by atoms with Gasteiger partial charge in [0, 0.05) is 27.6 Å². The molecule has 0 bridgehead atoms. The van der Waals surface area contributed by atoms with Gasteiger partial charge in [-0.2, -0.15) is 0 Å². The van der Waals surface area contributed by atoms with Gasteiger partial charge in [0.1, 0.15) is 6.67 Å². The Labute approximate surface area is 285 Å². The Balaban J connectivity index is 1.36. The van der Waals surface area contributed by atoms with Crippen molar-refractivity contribution in [1.29, 1.82) is 0 Å². The maximum Gasteiger partial charge on any atom is 0.115 e. The normalized spacial score (nSPS) is 12.0. The summed E-state index contributed by atoms with van der Waals surface area (Å²) in [7, 11) is 0. The molecule has 0 radical (unpaired) electrons. The Morgan fingerprint density at radius 2 is 1.16 bits per heavy atom. The van der Waals surface area contributed by atoms with Gasteiger partial charge in [-0.25, -0.2) is 0 Å². The van der Waals surface area contributed by atoms with Gasteiger partial charge in [0.15, 0.2) is 0 Å². The van der Waals surface area contributed by atoms with Crippen LogP contribution in [0.1, 0.15) is 11.1 Å². The molecule has 9 rings (SSSR count). The van der Waals surface area contributed by atoms with Crippen molar-refractivity contribution in [2.45, 2.75) is 6.67 Å². The fourth-order valence-electron chi connectivity index (χ4n) is 7.38. The number of aromatic nitrogens is 1. The zero-order valence-electron chi connectivity index (χ0n) is 26.9. The summed E-state index contributed by atoms with van der Waals surface area (Å²) in [6.07, 6.45) is 0. The molecule has 3 nitrogen and oxygen atoms in total. The van der Waals surface area contributed by atoms with E-state index in [0.717, 1.165) is 27.9 Å². The first-order chi connectivity index (χ1) is 24.2. The van der Waals surface area contributed by atoms with Crippen molar-refractivity contribution in [3.05, 3.63) is 187 Å². The molecular weight excluding hydrogens is 595 g/mol. The van der Waals surface area contributed by atoms with Crippen LogP contribution in [0.25, 0.3) is 65.6 Å². The quantitative estimate of drug-likeness (QED) is 0.145. The molecule has 3 heteroatoms. The summed E-state index contributed by atoms with van der Waals surface area (Å²) in [5.74, 6) is 0. The first-order valence-electron chi connectivity index (χ1n) is 16.7. The highest BCUT2D eigenvalue weighted by molar-refractivity contribution is 6.25. The molecule has 0 saturated heterocycles. The van der Waals surface area contributed by atoms with Gasteiger partial charge < -0.3 is 10.3 Å². The van der Waals surface area contributed by atoms with Crippen molar-refractivity contribution in [3.8, 4) is 22.3 Å². The molecule has 232 valence electrons. The Hall–Kier alpha value is -6.45. The number of para-hydroxylation sites is 1. The molecule has 0 aliphatic rings. The molecule has 1 aromatic heterocycles. The third-order valence-corrected chi connectivity index (χ3v) is 9.69. The Bertz CT molecular complexity index is 2680. The number of anilines is 1. The lowest BCUT2D eigenvalue weighted by atomic mass is 9.92. The number of rotatable bonds is 6. The van der Waals surface area contributed by atoms with Gasteiger partial charge in [0.25, 0.3) is 0 Å². The van der Waals surface area contributed by atoms with Crippen molar-refractivity contribution in [3.63, 3.8) is 0 Å². The molecule has 0 fully saturated rings. The number of fused-ring (bicyclic) bond motifs is 6. The van der Waals surface area contributed by atoms with Crippen LogP contribution in [0.3, 0.4) is 0 Å². The SMILES string of the molecule is Nc1ccccc1C(=NCn1c2cc(-c3ccccc3)ccc2c2c3ccccc3c(-c3cccc4ccccc34)cc21)c1ccccc1. The summed E-state index contributed by atoms with van der Waals surface area (Å²) in [5.41, 5.74) is 17.2. The Morgan fingerprint density at radius 1 is 0.490 bits per heavy atom. The molecule has 0 unspecified atom stereocenters. The fraction of sp³-hybridized carbons (Fsp3) is 0.0217. The van der Waals surface area contributed by atoms with Gasteiger partial charge in [-0.3, -0.25) is 4.99 Å². The predicted octanol–water partition coefficient (Wildman–Crippen LogP) is 11.5. The highest BCUT2D eigenvalue weighted by Gasteiger charge is 2.19. The minimum Gasteiger partial charge on any atom is -0.398 e. The number of hydrogen-bond acceptors (Lipinski definition) is 2. The van der Waals surface area contributed by atoms with Crippen molar-refractivity contribution < 1.29 is 0 Å². The van der Waals surface area contributed by atoms with Gasteiger partial charge in [0.05, 0.1) is 16.7 Å². The molecule has 1 heterocycles. The van der Waals surface area contributed by atoms with Crippen molar-refractivity contribution >= 4 is 54.7 Å². The first-order valence-corrected chi connectivity index (χ1v) is 16.7. The minimum absolute atomic E-state index is 0.421. The maximum atomic E-state index is 6.58. The van der Waals surface area contributed by atoms with Crippen molar-refractivity contribution in [2.75, 3.05) is 5.73 Å². The number of aliphatic imine (C=N–C) groups is 1. The number of nitrogens with two attached hydrogens (primary N) is 1. The molecule has 0 amide bonds. The average Bonchev–Trinajstić information content (AvgIpc) is 3.48. The van der Waals surface area contributed by atoms with Crippen LogP contribution >= 0.6 is 0 Å².